The van der Waals surface area contributed by atoms with Gasteiger partial charge in [-0.3, -0.25) is 9.89 Å². The van der Waals surface area contributed by atoms with Gasteiger partial charge < -0.3 is 14.6 Å². The number of aromatic amines is 1. The van der Waals surface area contributed by atoms with Gasteiger partial charge in [0.25, 0.3) is 5.91 Å². The number of hydrogen-bond donors (Lipinski definition) is 2. The van der Waals surface area contributed by atoms with Crippen molar-refractivity contribution in [3.05, 3.63) is 35.2 Å². The molecule has 0 aromatic carbocycles. The third-order valence-electron chi connectivity index (χ3n) is 4.10. The quantitative estimate of drug-likeness (QED) is 0.890. The fourth-order valence-corrected chi connectivity index (χ4v) is 2.92. The minimum absolute atomic E-state index is 0.0539. The number of aromatic nitrogens is 4. The van der Waals surface area contributed by atoms with Crippen LogP contribution in [-0.2, 0) is 11.8 Å². The molecule has 2 N–H and O–H groups in total. The molecule has 3 heterocycles. The lowest BCUT2D eigenvalue weighted by Gasteiger charge is -2.16. The van der Waals surface area contributed by atoms with Crippen LogP contribution in [0.2, 0.25) is 0 Å². The zero-order chi connectivity index (χ0) is 15.7. The highest BCUT2D eigenvalue weighted by atomic mass is 16.5. The van der Waals surface area contributed by atoms with Gasteiger partial charge in [-0.05, 0) is 31.9 Å². The smallest absolute Gasteiger partial charge is 0.268 e. The molecule has 0 saturated carbocycles. The molecule has 2 aromatic heterocycles. The summed E-state index contributed by atoms with van der Waals surface area (Å²) in [6.07, 6.45) is 2.63. The summed E-state index contributed by atoms with van der Waals surface area (Å²) in [7, 11) is 1.87. The fourth-order valence-electron chi connectivity index (χ4n) is 2.92. The second-order valence-corrected chi connectivity index (χ2v) is 5.79. The Balaban J connectivity index is 1.64. The standard InChI is InChI=1S/C15H21N5O2/c1-9-4-6-20(3)12(9)15(21)16-8-11-5-7-22-13(11)14-17-10(2)18-19-14/h4,6,11,13H,5,7-8H2,1-3H3,(H,16,21)(H,17,18,19)/t11-,13-/m0/s1. The van der Waals surface area contributed by atoms with Gasteiger partial charge in [0.15, 0.2) is 5.82 Å². The second kappa shape index (κ2) is 5.92. The van der Waals surface area contributed by atoms with Gasteiger partial charge in [-0.25, -0.2) is 4.98 Å². The Morgan fingerprint density at radius 1 is 1.55 bits per heavy atom. The molecule has 0 bridgehead atoms. The molecule has 0 radical (unpaired) electrons. The zero-order valence-electron chi connectivity index (χ0n) is 13.1. The van der Waals surface area contributed by atoms with Crippen LogP contribution in [0.5, 0.6) is 0 Å². The molecule has 0 spiro atoms. The highest BCUT2D eigenvalue weighted by molar-refractivity contribution is 5.94. The zero-order valence-corrected chi connectivity index (χ0v) is 13.1. The van der Waals surface area contributed by atoms with Crippen molar-refractivity contribution in [3.63, 3.8) is 0 Å². The van der Waals surface area contributed by atoms with Gasteiger partial charge in [-0.1, -0.05) is 0 Å². The predicted octanol–water partition coefficient (Wildman–Crippen LogP) is 1.27. The molecule has 22 heavy (non-hydrogen) atoms. The normalized spacial score (nSPS) is 21.2. The number of hydrogen-bond acceptors (Lipinski definition) is 4. The van der Waals surface area contributed by atoms with E-state index in [1.165, 1.54) is 0 Å². The van der Waals surface area contributed by atoms with E-state index in [1.807, 2.05) is 37.7 Å². The molecule has 7 heteroatoms. The Kier molecular flexibility index (Phi) is 3.98. The lowest BCUT2D eigenvalue weighted by atomic mass is 10.0. The van der Waals surface area contributed by atoms with Crippen LogP contribution in [-0.4, -0.2) is 38.8 Å². The second-order valence-electron chi connectivity index (χ2n) is 5.79. The van der Waals surface area contributed by atoms with Crippen LogP contribution < -0.4 is 5.32 Å². The number of rotatable bonds is 4. The number of nitrogens with zero attached hydrogens (tertiary/aromatic N) is 3. The summed E-state index contributed by atoms with van der Waals surface area (Å²) in [5, 5.41) is 10.0. The number of aryl methyl sites for hydroxylation is 3. The molecule has 3 rings (SSSR count). The van der Waals surface area contributed by atoms with Crippen molar-refractivity contribution >= 4 is 5.91 Å². The number of carbonyl (C=O) groups is 1. The summed E-state index contributed by atoms with van der Waals surface area (Å²) < 4.78 is 7.57. The van der Waals surface area contributed by atoms with E-state index in [2.05, 4.69) is 20.5 Å². The Bertz CT molecular complexity index is 656. The third kappa shape index (κ3) is 2.76. The Labute approximate surface area is 129 Å². The molecule has 2 aromatic rings. The van der Waals surface area contributed by atoms with Crippen molar-refractivity contribution in [2.24, 2.45) is 13.0 Å². The van der Waals surface area contributed by atoms with Crippen LogP contribution in [0.1, 0.15) is 40.2 Å². The van der Waals surface area contributed by atoms with E-state index in [9.17, 15) is 4.79 Å². The van der Waals surface area contributed by atoms with E-state index in [-0.39, 0.29) is 17.9 Å². The van der Waals surface area contributed by atoms with Crippen LogP contribution in [0, 0.1) is 19.8 Å². The summed E-state index contributed by atoms with van der Waals surface area (Å²) in [5.41, 5.74) is 1.67. The van der Waals surface area contributed by atoms with E-state index < -0.39 is 0 Å². The minimum atomic E-state index is -0.153. The molecule has 1 aliphatic rings. The highest BCUT2D eigenvalue weighted by Crippen LogP contribution is 2.32. The van der Waals surface area contributed by atoms with Crippen molar-refractivity contribution in [1.29, 1.82) is 0 Å². The highest BCUT2D eigenvalue weighted by Gasteiger charge is 2.33. The topological polar surface area (TPSA) is 84.8 Å². The van der Waals surface area contributed by atoms with Crippen LogP contribution >= 0.6 is 0 Å². The van der Waals surface area contributed by atoms with Crippen molar-refractivity contribution in [3.8, 4) is 0 Å². The predicted molar refractivity (Wildman–Crippen MR) is 80.4 cm³/mol. The van der Waals surface area contributed by atoms with Gasteiger partial charge >= 0.3 is 0 Å². The fraction of sp³-hybridized carbons (Fsp3) is 0.533. The van der Waals surface area contributed by atoms with Gasteiger partial charge in [-0.2, -0.15) is 5.10 Å². The first-order chi connectivity index (χ1) is 10.6. The number of carbonyl (C=O) groups excluding carboxylic acids is 1. The van der Waals surface area contributed by atoms with E-state index in [4.69, 9.17) is 4.74 Å². The van der Waals surface area contributed by atoms with Gasteiger partial charge in [0.2, 0.25) is 0 Å². The number of ether oxygens (including phenoxy) is 1. The minimum Gasteiger partial charge on any atom is -0.370 e. The molecule has 1 fully saturated rings. The summed E-state index contributed by atoms with van der Waals surface area (Å²) in [4.78, 5) is 16.7. The SMILES string of the molecule is Cc1nc([C@H]2OCC[C@H]2CNC(=O)c2c(C)ccn2C)n[nH]1. The van der Waals surface area contributed by atoms with Gasteiger partial charge in [0.1, 0.15) is 17.6 Å². The van der Waals surface area contributed by atoms with Crippen LogP contribution in [0.3, 0.4) is 0 Å². The van der Waals surface area contributed by atoms with Gasteiger partial charge in [0.05, 0.1) is 0 Å². The lowest BCUT2D eigenvalue weighted by Crippen LogP contribution is -2.32. The molecule has 1 amide bonds. The molecule has 1 saturated heterocycles. The molecule has 0 unspecified atom stereocenters. The molecule has 0 aliphatic carbocycles. The Hall–Kier alpha value is -2.15. The molecule has 118 valence electrons. The monoisotopic (exact) mass is 303 g/mol. The van der Waals surface area contributed by atoms with Gasteiger partial charge in [0, 0.05) is 32.3 Å². The lowest BCUT2D eigenvalue weighted by molar-refractivity contribution is 0.0796. The first-order valence-electron chi connectivity index (χ1n) is 7.47. The molecule has 7 nitrogen and oxygen atoms in total. The third-order valence-corrected chi connectivity index (χ3v) is 4.10. The van der Waals surface area contributed by atoms with E-state index in [0.717, 1.165) is 17.8 Å². The van der Waals surface area contributed by atoms with Crippen LogP contribution in [0.4, 0.5) is 0 Å². The first-order valence-corrected chi connectivity index (χ1v) is 7.47. The van der Waals surface area contributed by atoms with Gasteiger partial charge in [-0.15, -0.1) is 0 Å². The number of H-pyrrole nitrogens is 1. The van der Waals surface area contributed by atoms with E-state index in [0.29, 0.717) is 24.7 Å². The van der Waals surface area contributed by atoms with Crippen molar-refractivity contribution in [2.45, 2.75) is 26.4 Å². The molecular weight excluding hydrogens is 282 g/mol. The number of nitrogens with one attached hydrogen (secondary N) is 2. The Morgan fingerprint density at radius 3 is 3.00 bits per heavy atom. The van der Waals surface area contributed by atoms with Crippen molar-refractivity contribution in [1.82, 2.24) is 25.1 Å². The first kappa shape index (κ1) is 14.8. The van der Waals surface area contributed by atoms with Crippen molar-refractivity contribution < 1.29 is 9.53 Å². The average molecular weight is 303 g/mol. The molecule has 1 aliphatic heterocycles. The van der Waals surface area contributed by atoms with E-state index in [1.54, 1.807) is 0 Å². The summed E-state index contributed by atoms with van der Waals surface area (Å²) >= 11 is 0. The summed E-state index contributed by atoms with van der Waals surface area (Å²) in [6.45, 7) is 5.02. The maximum absolute atomic E-state index is 12.3. The van der Waals surface area contributed by atoms with E-state index >= 15 is 0 Å². The maximum atomic E-state index is 12.3. The number of amides is 1. The largest absolute Gasteiger partial charge is 0.370 e. The van der Waals surface area contributed by atoms with Crippen LogP contribution in [0.25, 0.3) is 0 Å². The maximum Gasteiger partial charge on any atom is 0.268 e. The Morgan fingerprint density at radius 2 is 2.36 bits per heavy atom. The summed E-state index contributed by atoms with van der Waals surface area (Å²) in [6, 6.07) is 1.94. The van der Waals surface area contributed by atoms with Crippen molar-refractivity contribution in [2.75, 3.05) is 13.2 Å². The molecule has 2 atom stereocenters. The average Bonchev–Trinajstić information content (AvgIpc) is 3.17. The molecular formula is C15H21N5O2. The van der Waals surface area contributed by atoms with Crippen LogP contribution in [0.15, 0.2) is 12.3 Å². The summed E-state index contributed by atoms with van der Waals surface area (Å²) in [5.74, 6) is 1.58.